The Balaban J connectivity index is 1.39. The molecule has 4 rings (SSSR count). The molecule has 0 bridgehead atoms. The molecule has 142 valence electrons. The van der Waals surface area contributed by atoms with Gasteiger partial charge >= 0.3 is 0 Å². The van der Waals surface area contributed by atoms with Gasteiger partial charge in [-0.15, -0.1) is 11.3 Å². The van der Waals surface area contributed by atoms with Crippen LogP contribution >= 0.6 is 11.3 Å². The Morgan fingerprint density at radius 3 is 2.25 bits per heavy atom. The maximum absolute atomic E-state index is 12.5. The van der Waals surface area contributed by atoms with Gasteiger partial charge in [0, 0.05) is 21.7 Å². The fraction of sp³-hybridized carbons (Fsp3) is 0.227. The molecular formula is C22H21N3O2S. The van der Waals surface area contributed by atoms with Crippen LogP contribution in [0.15, 0.2) is 54.6 Å². The Kier molecular flexibility index (Phi) is 5.48. The van der Waals surface area contributed by atoms with Gasteiger partial charge in [0.1, 0.15) is 0 Å². The number of fused-ring (bicyclic) bond motifs is 1. The van der Waals surface area contributed by atoms with E-state index in [9.17, 15) is 9.59 Å². The largest absolute Gasteiger partial charge is 0.322 e. The minimum atomic E-state index is -0.190. The molecular weight excluding hydrogens is 370 g/mol. The number of carbonyl (C=O) groups excluding carboxylic acids is 2. The highest BCUT2D eigenvalue weighted by Crippen LogP contribution is 2.29. The van der Waals surface area contributed by atoms with Crippen molar-refractivity contribution in [3.63, 3.8) is 0 Å². The van der Waals surface area contributed by atoms with Crippen molar-refractivity contribution >= 4 is 34.0 Å². The van der Waals surface area contributed by atoms with Crippen molar-refractivity contribution in [1.29, 1.82) is 0 Å². The summed E-state index contributed by atoms with van der Waals surface area (Å²) in [7, 11) is 0. The normalized spacial score (nSPS) is 13.3. The number of hydrogen-bond acceptors (Lipinski definition) is 4. The third-order valence-corrected chi connectivity index (χ3v) is 5.83. The number of amides is 2. The van der Waals surface area contributed by atoms with Crippen LogP contribution in [0.1, 0.15) is 50.5 Å². The number of hydrogen-bond donors (Lipinski definition) is 2. The summed E-state index contributed by atoms with van der Waals surface area (Å²) in [6, 6.07) is 15.9. The fourth-order valence-corrected chi connectivity index (χ4v) is 4.29. The van der Waals surface area contributed by atoms with Crippen LogP contribution in [0.2, 0.25) is 0 Å². The van der Waals surface area contributed by atoms with Crippen molar-refractivity contribution in [2.45, 2.75) is 32.1 Å². The molecule has 0 saturated heterocycles. The van der Waals surface area contributed by atoms with Crippen molar-refractivity contribution in [3.8, 4) is 0 Å². The molecule has 5 nitrogen and oxygen atoms in total. The average molecular weight is 391 g/mol. The molecule has 1 aromatic heterocycles. The number of carbonyl (C=O) groups is 2. The Labute approximate surface area is 167 Å². The standard InChI is InChI=1S/C22H21N3O2S/c26-20(15-7-3-1-4-8-15)23-17-13-11-16(12-14-17)21(27)25-22-24-18-9-5-2-6-10-19(18)28-22/h1,3-4,7-8,11-14H,2,5-6,9-10H2,(H,23,26)(H,24,25,27). The molecule has 2 aromatic carbocycles. The van der Waals surface area contributed by atoms with Crippen LogP contribution in [-0.2, 0) is 12.8 Å². The monoisotopic (exact) mass is 391 g/mol. The summed E-state index contributed by atoms with van der Waals surface area (Å²) in [4.78, 5) is 30.6. The second-order valence-electron chi connectivity index (χ2n) is 6.80. The Morgan fingerprint density at radius 2 is 1.46 bits per heavy atom. The van der Waals surface area contributed by atoms with Gasteiger partial charge in [0.15, 0.2) is 5.13 Å². The predicted octanol–water partition coefficient (Wildman–Crippen LogP) is 4.92. The minimum absolute atomic E-state index is 0.179. The number of aryl methyl sites for hydroxylation is 2. The van der Waals surface area contributed by atoms with Gasteiger partial charge in [-0.25, -0.2) is 4.98 Å². The SMILES string of the molecule is O=C(Nc1ccc(C(=O)Nc2nc3c(s2)CCCCC3)cc1)c1ccccc1. The maximum Gasteiger partial charge on any atom is 0.257 e. The van der Waals surface area contributed by atoms with Crippen LogP contribution in [-0.4, -0.2) is 16.8 Å². The van der Waals surface area contributed by atoms with Gasteiger partial charge < -0.3 is 5.32 Å². The molecule has 1 aliphatic rings. The first-order valence-electron chi connectivity index (χ1n) is 9.45. The van der Waals surface area contributed by atoms with Gasteiger partial charge in [-0.2, -0.15) is 0 Å². The summed E-state index contributed by atoms with van der Waals surface area (Å²) in [6.45, 7) is 0. The number of aromatic nitrogens is 1. The Hall–Kier alpha value is -2.99. The number of thiazole rings is 1. The van der Waals surface area contributed by atoms with Gasteiger partial charge in [0.2, 0.25) is 0 Å². The Bertz CT molecular complexity index is 957. The van der Waals surface area contributed by atoms with Gasteiger partial charge in [-0.05, 0) is 62.1 Å². The van der Waals surface area contributed by atoms with Crippen molar-refractivity contribution in [2.24, 2.45) is 0 Å². The third-order valence-electron chi connectivity index (χ3n) is 4.76. The molecule has 0 spiro atoms. The summed E-state index contributed by atoms with van der Waals surface area (Å²) in [6.07, 6.45) is 5.66. The first kappa shape index (κ1) is 18.4. The highest BCUT2D eigenvalue weighted by atomic mass is 32.1. The molecule has 0 atom stereocenters. The van der Waals surface area contributed by atoms with E-state index in [1.165, 1.54) is 24.1 Å². The molecule has 3 aromatic rings. The van der Waals surface area contributed by atoms with E-state index in [0.717, 1.165) is 18.5 Å². The summed E-state index contributed by atoms with van der Waals surface area (Å²) in [5, 5.41) is 6.40. The van der Waals surface area contributed by atoms with Crippen molar-refractivity contribution in [2.75, 3.05) is 10.6 Å². The van der Waals surface area contributed by atoms with E-state index in [4.69, 9.17) is 0 Å². The van der Waals surface area contributed by atoms with Crippen LogP contribution in [0, 0.1) is 0 Å². The van der Waals surface area contributed by atoms with E-state index in [-0.39, 0.29) is 11.8 Å². The van der Waals surface area contributed by atoms with Gasteiger partial charge in [-0.1, -0.05) is 24.6 Å². The second kappa shape index (κ2) is 8.35. The molecule has 0 radical (unpaired) electrons. The first-order valence-corrected chi connectivity index (χ1v) is 10.3. The maximum atomic E-state index is 12.5. The number of nitrogens with zero attached hydrogens (tertiary/aromatic N) is 1. The van der Waals surface area contributed by atoms with Crippen LogP contribution < -0.4 is 10.6 Å². The second-order valence-corrected chi connectivity index (χ2v) is 7.88. The molecule has 1 aliphatic carbocycles. The summed E-state index contributed by atoms with van der Waals surface area (Å²) in [5.41, 5.74) is 2.90. The molecule has 0 unspecified atom stereocenters. The molecule has 0 aliphatic heterocycles. The van der Waals surface area contributed by atoms with E-state index in [1.807, 2.05) is 18.2 Å². The first-order chi connectivity index (χ1) is 13.7. The van der Waals surface area contributed by atoms with E-state index in [0.29, 0.717) is 21.9 Å². The van der Waals surface area contributed by atoms with Crippen molar-refractivity contribution in [1.82, 2.24) is 4.98 Å². The zero-order valence-corrected chi connectivity index (χ0v) is 16.2. The number of benzene rings is 2. The molecule has 6 heteroatoms. The number of rotatable bonds is 4. The highest BCUT2D eigenvalue weighted by molar-refractivity contribution is 7.15. The minimum Gasteiger partial charge on any atom is -0.322 e. The molecule has 2 N–H and O–H groups in total. The van der Waals surface area contributed by atoms with E-state index in [1.54, 1.807) is 47.7 Å². The van der Waals surface area contributed by atoms with Crippen molar-refractivity contribution < 1.29 is 9.59 Å². The van der Waals surface area contributed by atoms with Gasteiger partial charge in [-0.3, -0.25) is 14.9 Å². The lowest BCUT2D eigenvalue weighted by atomic mass is 10.1. The van der Waals surface area contributed by atoms with Crippen LogP contribution in [0.4, 0.5) is 10.8 Å². The summed E-state index contributed by atoms with van der Waals surface area (Å²) >= 11 is 1.58. The molecule has 0 fully saturated rings. The topological polar surface area (TPSA) is 71.1 Å². The summed E-state index contributed by atoms with van der Waals surface area (Å²) in [5.74, 6) is -0.369. The van der Waals surface area contributed by atoms with Gasteiger partial charge in [0.25, 0.3) is 11.8 Å². The molecule has 0 saturated carbocycles. The lowest BCUT2D eigenvalue weighted by Crippen LogP contribution is -2.13. The van der Waals surface area contributed by atoms with E-state index in [2.05, 4.69) is 15.6 Å². The molecule has 2 amide bonds. The Morgan fingerprint density at radius 1 is 0.786 bits per heavy atom. The average Bonchev–Trinajstić information content (AvgIpc) is 2.97. The van der Waals surface area contributed by atoms with Crippen LogP contribution in [0.5, 0.6) is 0 Å². The lowest BCUT2D eigenvalue weighted by molar-refractivity contribution is 0.102. The van der Waals surface area contributed by atoms with Crippen LogP contribution in [0.3, 0.4) is 0 Å². The molecule has 1 heterocycles. The predicted molar refractivity (Wildman–Crippen MR) is 112 cm³/mol. The van der Waals surface area contributed by atoms with Crippen molar-refractivity contribution in [3.05, 3.63) is 76.3 Å². The van der Waals surface area contributed by atoms with E-state index >= 15 is 0 Å². The lowest BCUT2D eigenvalue weighted by Gasteiger charge is -2.06. The third kappa shape index (κ3) is 4.28. The fourth-order valence-electron chi connectivity index (χ4n) is 3.25. The zero-order chi connectivity index (χ0) is 19.3. The zero-order valence-electron chi connectivity index (χ0n) is 15.4. The quantitative estimate of drug-likeness (QED) is 0.620. The van der Waals surface area contributed by atoms with E-state index < -0.39 is 0 Å². The smallest absolute Gasteiger partial charge is 0.257 e. The van der Waals surface area contributed by atoms with Gasteiger partial charge in [0.05, 0.1) is 5.69 Å². The highest BCUT2D eigenvalue weighted by Gasteiger charge is 2.16. The van der Waals surface area contributed by atoms with Crippen LogP contribution in [0.25, 0.3) is 0 Å². The summed E-state index contributed by atoms with van der Waals surface area (Å²) < 4.78 is 0. The number of nitrogens with one attached hydrogen (secondary N) is 2. The molecule has 28 heavy (non-hydrogen) atoms. The number of anilines is 2.